The molecule has 0 spiro atoms. The Morgan fingerprint density at radius 3 is 2.24 bits per heavy atom. The predicted molar refractivity (Wildman–Crippen MR) is 75.5 cm³/mol. The normalized spacial score (nSPS) is 20.3. The van der Waals surface area contributed by atoms with E-state index < -0.39 is 46.6 Å². The van der Waals surface area contributed by atoms with E-state index in [1.165, 1.54) is 0 Å². The lowest BCUT2D eigenvalue weighted by atomic mass is 9.89. The fraction of sp³-hybridized carbons (Fsp3) is 0.267. The van der Waals surface area contributed by atoms with Gasteiger partial charge >= 0.3 is 12.1 Å². The SMILES string of the molecule is COC(=O)C1=C(C)NC(=O)[C@@]1(NC(=O)c1ccc(F)cc1)C(F)(F)F. The number of hydrogen-bond acceptors (Lipinski definition) is 4. The molecular formula is C15H12F4N2O4. The Balaban J connectivity index is 2.55. The Morgan fingerprint density at radius 2 is 1.76 bits per heavy atom. The second-order valence-electron chi connectivity index (χ2n) is 5.15. The van der Waals surface area contributed by atoms with E-state index in [-0.39, 0.29) is 5.56 Å². The topological polar surface area (TPSA) is 84.5 Å². The average Bonchev–Trinajstić information content (AvgIpc) is 2.78. The van der Waals surface area contributed by atoms with Crippen molar-refractivity contribution in [3.8, 4) is 0 Å². The van der Waals surface area contributed by atoms with Crippen molar-refractivity contribution in [1.82, 2.24) is 10.6 Å². The molecule has 0 fully saturated rings. The number of halogens is 4. The van der Waals surface area contributed by atoms with Crippen molar-refractivity contribution in [2.24, 2.45) is 0 Å². The smallest absolute Gasteiger partial charge is 0.425 e. The van der Waals surface area contributed by atoms with E-state index in [4.69, 9.17) is 0 Å². The molecule has 2 amide bonds. The summed E-state index contributed by atoms with van der Waals surface area (Å²) >= 11 is 0. The summed E-state index contributed by atoms with van der Waals surface area (Å²) in [6, 6.07) is 3.62. The third kappa shape index (κ3) is 2.94. The standard InChI is InChI=1S/C15H12F4N2O4/c1-7-10(12(23)25-2)14(13(24)20-7,15(17,18)19)21-11(22)8-3-5-9(16)6-4-8/h3-6H,1-2H3,(H,20,24)(H,21,22)/t14-/m1/s1. The van der Waals surface area contributed by atoms with Crippen LogP contribution in [0.15, 0.2) is 35.5 Å². The van der Waals surface area contributed by atoms with E-state index >= 15 is 0 Å². The third-order valence-electron chi connectivity index (χ3n) is 3.61. The first kappa shape index (κ1) is 18.4. The molecule has 0 radical (unpaired) electrons. The first-order valence-electron chi connectivity index (χ1n) is 6.80. The number of nitrogens with one attached hydrogen (secondary N) is 2. The zero-order valence-electron chi connectivity index (χ0n) is 13.0. The summed E-state index contributed by atoms with van der Waals surface area (Å²) in [5, 5.41) is 3.45. The summed E-state index contributed by atoms with van der Waals surface area (Å²) in [6.07, 6.45) is -5.34. The third-order valence-corrected chi connectivity index (χ3v) is 3.61. The molecule has 1 aliphatic rings. The van der Waals surface area contributed by atoms with Crippen molar-refractivity contribution in [2.45, 2.75) is 18.6 Å². The molecule has 0 aliphatic carbocycles. The number of carbonyl (C=O) groups excluding carboxylic acids is 3. The largest absolute Gasteiger partial charge is 0.466 e. The Morgan fingerprint density at radius 1 is 1.20 bits per heavy atom. The van der Waals surface area contributed by atoms with Crippen molar-refractivity contribution in [2.75, 3.05) is 7.11 Å². The van der Waals surface area contributed by atoms with Gasteiger partial charge in [0.15, 0.2) is 0 Å². The van der Waals surface area contributed by atoms with Crippen LogP contribution in [0.4, 0.5) is 17.6 Å². The molecule has 2 rings (SSSR count). The van der Waals surface area contributed by atoms with E-state index in [1.807, 2.05) is 5.32 Å². The lowest BCUT2D eigenvalue weighted by Gasteiger charge is -2.31. The summed E-state index contributed by atoms with van der Waals surface area (Å²) in [6.45, 7) is 1.07. The van der Waals surface area contributed by atoms with Crippen LogP contribution in [0.2, 0.25) is 0 Å². The molecule has 2 N–H and O–H groups in total. The van der Waals surface area contributed by atoms with Crippen molar-refractivity contribution in [3.05, 3.63) is 46.9 Å². The molecule has 0 unspecified atom stereocenters. The molecule has 134 valence electrons. The fourth-order valence-corrected chi connectivity index (χ4v) is 2.43. The van der Waals surface area contributed by atoms with Crippen LogP contribution in [0.3, 0.4) is 0 Å². The minimum atomic E-state index is -5.34. The lowest BCUT2D eigenvalue weighted by molar-refractivity contribution is -0.188. The minimum absolute atomic E-state index is 0.327. The van der Waals surface area contributed by atoms with Gasteiger partial charge in [0.2, 0.25) is 5.54 Å². The molecule has 1 aromatic carbocycles. The van der Waals surface area contributed by atoms with Crippen LogP contribution < -0.4 is 10.6 Å². The van der Waals surface area contributed by atoms with Gasteiger partial charge < -0.3 is 15.4 Å². The Hall–Kier alpha value is -2.91. The van der Waals surface area contributed by atoms with E-state index in [0.717, 1.165) is 38.3 Å². The van der Waals surface area contributed by atoms with Crippen molar-refractivity contribution >= 4 is 17.8 Å². The van der Waals surface area contributed by atoms with Gasteiger partial charge in [-0.05, 0) is 31.2 Å². The van der Waals surface area contributed by atoms with Crippen molar-refractivity contribution in [1.29, 1.82) is 0 Å². The molecule has 6 nitrogen and oxygen atoms in total. The highest BCUT2D eigenvalue weighted by molar-refractivity contribution is 6.11. The van der Waals surface area contributed by atoms with E-state index in [2.05, 4.69) is 4.74 Å². The van der Waals surface area contributed by atoms with Gasteiger partial charge in [-0.2, -0.15) is 13.2 Å². The highest BCUT2D eigenvalue weighted by Crippen LogP contribution is 2.41. The number of rotatable bonds is 3. The van der Waals surface area contributed by atoms with Gasteiger partial charge in [-0.3, -0.25) is 9.59 Å². The molecule has 0 saturated heterocycles. The van der Waals surface area contributed by atoms with E-state index in [9.17, 15) is 31.9 Å². The molecule has 0 bridgehead atoms. The molecule has 1 atom stereocenters. The van der Waals surface area contributed by atoms with Crippen LogP contribution >= 0.6 is 0 Å². The molecule has 1 heterocycles. The van der Waals surface area contributed by atoms with Gasteiger partial charge in [-0.25, -0.2) is 9.18 Å². The number of amides is 2. The van der Waals surface area contributed by atoms with Crippen molar-refractivity contribution in [3.63, 3.8) is 0 Å². The Bertz CT molecular complexity index is 771. The van der Waals surface area contributed by atoms with E-state index in [0.29, 0.717) is 0 Å². The highest BCUT2D eigenvalue weighted by atomic mass is 19.4. The number of carbonyl (C=O) groups is 3. The summed E-state index contributed by atoms with van der Waals surface area (Å²) in [4.78, 5) is 36.1. The maximum absolute atomic E-state index is 13.7. The van der Waals surface area contributed by atoms with Gasteiger partial charge in [0, 0.05) is 11.3 Å². The summed E-state index contributed by atoms with van der Waals surface area (Å²) in [5.41, 5.74) is -5.40. The monoisotopic (exact) mass is 360 g/mol. The number of hydrogen-bond donors (Lipinski definition) is 2. The molecule has 0 aromatic heterocycles. The first-order chi connectivity index (χ1) is 11.5. The maximum atomic E-state index is 13.7. The number of ether oxygens (including phenoxy) is 1. The highest BCUT2D eigenvalue weighted by Gasteiger charge is 2.69. The van der Waals surface area contributed by atoms with Crippen LogP contribution in [0.25, 0.3) is 0 Å². The van der Waals surface area contributed by atoms with Crippen LogP contribution in [0, 0.1) is 5.82 Å². The maximum Gasteiger partial charge on any atom is 0.425 e. The first-order valence-corrected chi connectivity index (χ1v) is 6.80. The fourth-order valence-electron chi connectivity index (χ4n) is 2.43. The van der Waals surface area contributed by atoms with Crippen LogP contribution in [-0.2, 0) is 14.3 Å². The molecule has 10 heteroatoms. The summed E-state index contributed by atoms with van der Waals surface area (Å²) in [5.74, 6) is -5.09. The van der Waals surface area contributed by atoms with Gasteiger partial charge in [-0.15, -0.1) is 0 Å². The molecule has 25 heavy (non-hydrogen) atoms. The number of esters is 1. The van der Waals surface area contributed by atoms with Gasteiger partial charge in [0.1, 0.15) is 11.4 Å². The Kier molecular flexibility index (Phi) is 4.56. The predicted octanol–water partition coefficient (Wildman–Crippen LogP) is 1.43. The number of benzene rings is 1. The van der Waals surface area contributed by atoms with Gasteiger partial charge in [0.25, 0.3) is 11.8 Å². The zero-order chi connectivity index (χ0) is 19.0. The quantitative estimate of drug-likeness (QED) is 0.631. The number of allylic oxidation sites excluding steroid dienone is 1. The Labute approximate surface area is 138 Å². The lowest BCUT2D eigenvalue weighted by Crippen LogP contribution is -2.66. The minimum Gasteiger partial charge on any atom is -0.466 e. The average molecular weight is 360 g/mol. The van der Waals surface area contributed by atoms with E-state index in [1.54, 1.807) is 5.32 Å². The molecular weight excluding hydrogens is 348 g/mol. The van der Waals surface area contributed by atoms with Gasteiger partial charge in [-0.1, -0.05) is 0 Å². The van der Waals surface area contributed by atoms with Crippen LogP contribution in [0.5, 0.6) is 0 Å². The molecule has 0 saturated carbocycles. The second-order valence-corrected chi connectivity index (χ2v) is 5.15. The second kappa shape index (κ2) is 6.19. The molecule has 1 aromatic rings. The number of alkyl halides is 3. The van der Waals surface area contributed by atoms with Crippen LogP contribution in [0.1, 0.15) is 17.3 Å². The molecule has 1 aliphatic heterocycles. The van der Waals surface area contributed by atoms with Crippen LogP contribution in [-0.4, -0.2) is 36.6 Å². The van der Waals surface area contributed by atoms with Crippen molar-refractivity contribution < 1.29 is 36.7 Å². The summed E-state index contributed by atoms with van der Waals surface area (Å²) in [7, 11) is 0.842. The number of methoxy groups -OCH3 is 1. The van der Waals surface area contributed by atoms with Gasteiger partial charge in [0.05, 0.1) is 7.11 Å². The summed E-state index contributed by atoms with van der Waals surface area (Å²) < 4.78 is 58.5. The zero-order valence-corrected chi connectivity index (χ0v) is 13.0.